The summed E-state index contributed by atoms with van der Waals surface area (Å²) in [6, 6.07) is 16.3. The Bertz CT molecular complexity index is 1330. The van der Waals surface area contributed by atoms with E-state index in [-0.39, 0.29) is 35.1 Å². The van der Waals surface area contributed by atoms with E-state index in [1.807, 2.05) is 0 Å². The van der Waals surface area contributed by atoms with Crippen LogP contribution < -0.4 is 4.74 Å². The van der Waals surface area contributed by atoms with Gasteiger partial charge in [-0.15, -0.1) is 0 Å². The molecule has 0 atom stereocenters. The summed E-state index contributed by atoms with van der Waals surface area (Å²) in [5.74, 6) is -1.28. The fourth-order valence-electron chi connectivity index (χ4n) is 3.24. The first-order chi connectivity index (χ1) is 16.8. The van der Waals surface area contributed by atoms with Crippen LogP contribution >= 0.6 is 11.8 Å². The van der Waals surface area contributed by atoms with Gasteiger partial charge in [0.05, 0.1) is 24.1 Å². The summed E-state index contributed by atoms with van der Waals surface area (Å²) in [5, 5.41) is 8.64. The largest absolute Gasteiger partial charge is 0.489 e. The molecule has 0 spiro atoms. The molecule has 0 aliphatic carbocycles. The second-order valence-corrected chi connectivity index (χ2v) is 8.38. The minimum Gasteiger partial charge on any atom is -0.489 e. The quantitative estimate of drug-likeness (QED) is 0.355. The van der Waals surface area contributed by atoms with Crippen LogP contribution in [-0.2, 0) is 22.7 Å². The second-order valence-electron chi connectivity index (χ2n) is 7.39. The Hall–Kier alpha value is -4.31. The van der Waals surface area contributed by atoms with Crippen molar-refractivity contribution in [3.05, 3.63) is 93.8 Å². The molecular weight excluding hydrogens is 474 g/mol. The summed E-state index contributed by atoms with van der Waals surface area (Å²) in [6.07, 6.45) is 1.60. The summed E-state index contributed by atoms with van der Waals surface area (Å²) in [4.78, 5) is 49.0. The van der Waals surface area contributed by atoms with Crippen LogP contribution in [0.1, 0.15) is 37.8 Å². The average Bonchev–Trinajstić information content (AvgIpc) is 3.43. The number of methoxy groups -OCH3 is 1. The first-order valence-corrected chi connectivity index (χ1v) is 11.1. The number of imide groups is 1. The van der Waals surface area contributed by atoms with Gasteiger partial charge in [-0.2, -0.15) is 0 Å². The lowest BCUT2D eigenvalue weighted by atomic mass is 10.1. The number of hydrogen-bond acceptors (Lipinski definition) is 8. The fraction of sp³-hybridized carbons (Fsp3) is 0.120. The Morgan fingerprint density at radius 3 is 2.57 bits per heavy atom. The van der Waals surface area contributed by atoms with Gasteiger partial charge in [-0.05, 0) is 65.4 Å². The summed E-state index contributed by atoms with van der Waals surface area (Å²) >= 11 is 0.815. The van der Waals surface area contributed by atoms with Crippen molar-refractivity contribution in [1.82, 2.24) is 4.90 Å². The predicted molar refractivity (Wildman–Crippen MR) is 126 cm³/mol. The third-order valence-electron chi connectivity index (χ3n) is 4.99. The maximum atomic E-state index is 12.7. The van der Waals surface area contributed by atoms with Crippen LogP contribution in [-0.4, -0.2) is 40.2 Å². The third-order valence-corrected chi connectivity index (χ3v) is 5.90. The van der Waals surface area contributed by atoms with Gasteiger partial charge in [-0.3, -0.25) is 14.5 Å². The number of nitrogens with zero attached hydrogens (tertiary/aromatic N) is 1. The van der Waals surface area contributed by atoms with E-state index in [2.05, 4.69) is 4.74 Å². The van der Waals surface area contributed by atoms with Crippen molar-refractivity contribution in [2.75, 3.05) is 7.11 Å². The fourth-order valence-corrected chi connectivity index (χ4v) is 4.08. The van der Waals surface area contributed by atoms with E-state index >= 15 is 0 Å². The van der Waals surface area contributed by atoms with Gasteiger partial charge in [0.2, 0.25) is 5.76 Å². The van der Waals surface area contributed by atoms with Crippen LogP contribution in [0.15, 0.2) is 70.0 Å². The Balaban J connectivity index is 1.38. The molecule has 0 saturated carbocycles. The first-order valence-electron chi connectivity index (χ1n) is 10.3. The predicted octanol–water partition coefficient (Wildman–Crippen LogP) is 4.58. The molecule has 0 radical (unpaired) electrons. The van der Waals surface area contributed by atoms with Crippen molar-refractivity contribution in [3.63, 3.8) is 0 Å². The highest BCUT2D eigenvalue weighted by Gasteiger charge is 2.35. The van der Waals surface area contributed by atoms with Crippen LogP contribution in [0.4, 0.5) is 4.79 Å². The Morgan fingerprint density at radius 2 is 1.86 bits per heavy atom. The van der Waals surface area contributed by atoms with Crippen LogP contribution in [0.3, 0.4) is 0 Å². The first kappa shape index (κ1) is 23.8. The second kappa shape index (κ2) is 10.3. The molecule has 3 aromatic rings. The average molecular weight is 493 g/mol. The standard InChI is InChI=1S/C25H19NO8S/c1-32-24(30)20-10-9-19(34-20)13-26-22(27)21(35-25(26)31)12-15-5-7-18(8-6-15)33-14-16-3-2-4-17(11-16)23(28)29/h2-12H,13-14H2,1H3,(H,28,29). The highest BCUT2D eigenvalue weighted by molar-refractivity contribution is 8.18. The summed E-state index contributed by atoms with van der Waals surface area (Å²) < 4.78 is 15.6. The molecular formula is C25H19NO8S. The molecule has 9 nitrogen and oxygen atoms in total. The Morgan fingerprint density at radius 1 is 1.09 bits per heavy atom. The number of rotatable bonds is 8. The van der Waals surface area contributed by atoms with E-state index in [0.717, 1.165) is 22.2 Å². The molecule has 1 saturated heterocycles. The molecule has 1 aliphatic rings. The zero-order chi connectivity index (χ0) is 24.9. The normalized spacial score (nSPS) is 14.4. The zero-order valence-electron chi connectivity index (χ0n) is 18.4. The molecule has 0 bridgehead atoms. The van der Waals surface area contributed by atoms with Crippen LogP contribution in [0.5, 0.6) is 5.75 Å². The van der Waals surface area contributed by atoms with E-state index in [4.69, 9.17) is 14.3 Å². The number of hydrogen-bond donors (Lipinski definition) is 1. The number of carboxylic acids is 1. The number of benzene rings is 2. The van der Waals surface area contributed by atoms with Crippen LogP contribution in [0.25, 0.3) is 6.08 Å². The number of carbonyl (C=O) groups excluding carboxylic acids is 3. The van der Waals surface area contributed by atoms with E-state index in [0.29, 0.717) is 11.3 Å². The molecule has 1 fully saturated rings. The number of aromatic carboxylic acids is 1. The topological polar surface area (TPSA) is 123 Å². The lowest BCUT2D eigenvalue weighted by Gasteiger charge is -2.10. The van der Waals surface area contributed by atoms with Crippen LogP contribution in [0.2, 0.25) is 0 Å². The van der Waals surface area contributed by atoms with Gasteiger partial charge in [0.25, 0.3) is 11.1 Å². The number of furan rings is 1. The molecule has 1 N–H and O–H groups in total. The van der Waals surface area contributed by atoms with Gasteiger partial charge in [-0.1, -0.05) is 24.3 Å². The minimum absolute atomic E-state index is 0.0121. The van der Waals surface area contributed by atoms with Gasteiger partial charge < -0.3 is 19.0 Å². The van der Waals surface area contributed by atoms with Crippen LogP contribution in [0, 0.1) is 0 Å². The van der Waals surface area contributed by atoms with E-state index < -0.39 is 23.1 Å². The molecule has 10 heteroatoms. The SMILES string of the molecule is COC(=O)c1ccc(CN2C(=O)SC(=Cc3ccc(OCc4cccc(C(=O)O)c4)cc3)C2=O)o1. The number of amides is 2. The monoisotopic (exact) mass is 493 g/mol. The van der Waals surface area contributed by atoms with E-state index in [9.17, 15) is 19.2 Å². The summed E-state index contributed by atoms with van der Waals surface area (Å²) in [7, 11) is 1.23. The van der Waals surface area contributed by atoms with Gasteiger partial charge in [0.1, 0.15) is 18.1 Å². The van der Waals surface area contributed by atoms with Crippen molar-refractivity contribution < 1.29 is 38.2 Å². The van der Waals surface area contributed by atoms with Crippen molar-refractivity contribution in [2.45, 2.75) is 13.2 Å². The maximum absolute atomic E-state index is 12.7. The lowest BCUT2D eigenvalue weighted by molar-refractivity contribution is -0.123. The number of carbonyl (C=O) groups is 4. The zero-order valence-corrected chi connectivity index (χ0v) is 19.2. The minimum atomic E-state index is -1.00. The molecule has 178 valence electrons. The number of carboxylic acid groups (broad SMARTS) is 1. The van der Waals surface area contributed by atoms with Gasteiger partial charge >= 0.3 is 11.9 Å². The number of thioether (sulfide) groups is 1. The number of esters is 1. The van der Waals surface area contributed by atoms with Gasteiger partial charge in [0.15, 0.2) is 0 Å². The van der Waals surface area contributed by atoms with Crippen molar-refractivity contribution in [1.29, 1.82) is 0 Å². The van der Waals surface area contributed by atoms with Crippen molar-refractivity contribution in [2.24, 2.45) is 0 Å². The molecule has 0 unspecified atom stereocenters. The molecule has 2 aromatic carbocycles. The van der Waals surface area contributed by atoms with Crippen molar-refractivity contribution >= 4 is 40.9 Å². The van der Waals surface area contributed by atoms with Crippen molar-refractivity contribution in [3.8, 4) is 5.75 Å². The smallest absolute Gasteiger partial charge is 0.373 e. The molecule has 1 aromatic heterocycles. The van der Waals surface area contributed by atoms with Gasteiger partial charge in [0, 0.05) is 0 Å². The molecule has 2 heterocycles. The molecule has 35 heavy (non-hydrogen) atoms. The maximum Gasteiger partial charge on any atom is 0.373 e. The Labute approximate surface area is 203 Å². The summed E-state index contributed by atoms with van der Waals surface area (Å²) in [6.45, 7) is 0.0959. The van der Waals surface area contributed by atoms with Gasteiger partial charge in [-0.25, -0.2) is 9.59 Å². The third kappa shape index (κ3) is 5.61. The van der Waals surface area contributed by atoms with E-state index in [1.54, 1.807) is 48.5 Å². The summed E-state index contributed by atoms with van der Waals surface area (Å²) in [5.41, 5.74) is 1.60. The lowest BCUT2D eigenvalue weighted by Crippen LogP contribution is -2.27. The number of ether oxygens (including phenoxy) is 2. The molecule has 2 amide bonds. The Kier molecular flexibility index (Phi) is 7.02. The molecule has 4 rings (SSSR count). The molecule has 1 aliphatic heterocycles. The highest BCUT2D eigenvalue weighted by atomic mass is 32.2. The highest BCUT2D eigenvalue weighted by Crippen LogP contribution is 2.33. The van der Waals surface area contributed by atoms with E-state index in [1.165, 1.54) is 25.3 Å².